The lowest BCUT2D eigenvalue weighted by Crippen LogP contribution is -2.32. The van der Waals surface area contributed by atoms with Gasteiger partial charge in [0.1, 0.15) is 10.8 Å². The van der Waals surface area contributed by atoms with Gasteiger partial charge in [0.2, 0.25) is 0 Å². The fourth-order valence-corrected chi connectivity index (χ4v) is 9.65. The highest BCUT2D eigenvalue weighted by molar-refractivity contribution is 9.10. The van der Waals surface area contributed by atoms with Crippen LogP contribution >= 0.6 is 55.1 Å². The number of carboxylic acids is 2. The highest BCUT2D eigenvalue weighted by Crippen LogP contribution is 2.71. The monoisotopic (exact) mass is 852 g/mol. The Bertz CT molecular complexity index is 2030. The van der Waals surface area contributed by atoms with E-state index >= 15 is 0 Å². The number of hydrogen-bond donors (Lipinski definition) is 2. The van der Waals surface area contributed by atoms with Gasteiger partial charge in [-0.15, -0.1) is 0 Å². The molecule has 52 heavy (non-hydrogen) atoms. The molecule has 6 aromatic carbocycles. The van der Waals surface area contributed by atoms with Crippen molar-refractivity contribution in [2.75, 3.05) is 0 Å². The molecule has 0 unspecified atom stereocenters. The molecule has 0 saturated heterocycles. The molecule has 2 aliphatic carbocycles. The molecule has 2 N–H and O–H groups in total. The van der Waals surface area contributed by atoms with Crippen molar-refractivity contribution in [3.8, 4) is 0 Å². The molecule has 2 aliphatic rings. The van der Waals surface area contributed by atoms with Gasteiger partial charge in [0.05, 0.1) is 0 Å². The Hall–Kier alpha value is -4.20. The summed E-state index contributed by atoms with van der Waals surface area (Å²) in [4.78, 5) is 25.3. The van der Waals surface area contributed by atoms with E-state index in [4.69, 9.17) is 23.2 Å². The Morgan fingerprint density at radius 3 is 0.981 bits per heavy atom. The largest absolute Gasteiger partial charge is 0.481 e. The maximum absolute atomic E-state index is 12.6. The number of carboxylic acid groups (broad SMARTS) is 2. The maximum Gasteiger partial charge on any atom is 0.315 e. The molecule has 260 valence electrons. The highest BCUT2D eigenvalue weighted by Gasteiger charge is 2.76. The van der Waals surface area contributed by atoms with E-state index in [-0.39, 0.29) is 0 Å². The number of aliphatic carboxylic acids is 2. The summed E-state index contributed by atoms with van der Waals surface area (Å²) < 4.78 is 1.64. The molecule has 4 nitrogen and oxygen atoms in total. The van der Waals surface area contributed by atoms with E-state index in [9.17, 15) is 19.8 Å². The first-order valence-electron chi connectivity index (χ1n) is 16.6. The zero-order chi connectivity index (χ0) is 36.7. The van der Waals surface area contributed by atoms with Gasteiger partial charge in [-0.05, 0) is 82.6 Å². The molecule has 0 aliphatic heterocycles. The van der Waals surface area contributed by atoms with Gasteiger partial charge in [-0.3, -0.25) is 9.59 Å². The maximum atomic E-state index is 12.6. The molecule has 2 saturated carbocycles. The van der Waals surface area contributed by atoms with Crippen LogP contribution < -0.4 is 0 Å². The lowest BCUT2D eigenvalue weighted by Gasteiger charge is -2.25. The van der Waals surface area contributed by atoms with Crippen molar-refractivity contribution in [1.82, 2.24) is 0 Å². The molecule has 6 aromatic rings. The number of halogens is 4. The average molecular weight is 855 g/mol. The molecule has 0 radical (unpaired) electrons. The molecule has 2 fully saturated rings. The first kappa shape index (κ1) is 36.2. The summed E-state index contributed by atoms with van der Waals surface area (Å²) in [5.41, 5.74) is 1.76. The number of hydrogen-bond acceptors (Lipinski definition) is 2. The van der Waals surface area contributed by atoms with Crippen LogP contribution in [-0.4, -0.2) is 22.2 Å². The predicted molar refractivity (Wildman–Crippen MR) is 213 cm³/mol. The third-order valence-electron chi connectivity index (χ3n) is 10.8. The number of rotatable bonds is 8. The Kier molecular flexibility index (Phi) is 9.72. The van der Waals surface area contributed by atoms with Crippen LogP contribution in [0.5, 0.6) is 0 Å². The third kappa shape index (κ3) is 5.63. The molecular weight excluding hydrogens is 823 g/mol. The van der Waals surface area contributed by atoms with E-state index in [1.807, 2.05) is 146 Å². The first-order chi connectivity index (χ1) is 25.0. The average Bonchev–Trinajstić information content (AvgIpc) is 4.08. The second-order valence-corrected chi connectivity index (χ2v) is 15.9. The topological polar surface area (TPSA) is 74.6 Å². The summed E-state index contributed by atoms with van der Waals surface area (Å²) in [6, 6.07) is 50.3. The van der Waals surface area contributed by atoms with Crippen LogP contribution in [0.3, 0.4) is 0 Å². The van der Waals surface area contributed by atoms with Crippen LogP contribution in [0.15, 0.2) is 167 Å². The van der Waals surface area contributed by atoms with Crippen molar-refractivity contribution < 1.29 is 19.8 Å². The van der Waals surface area contributed by atoms with E-state index in [0.717, 1.165) is 31.2 Å². The molecule has 0 spiro atoms. The lowest BCUT2D eigenvalue weighted by atomic mass is 9.77. The molecule has 0 amide bonds. The van der Waals surface area contributed by atoms with E-state index < -0.39 is 33.6 Å². The fourth-order valence-electron chi connectivity index (χ4n) is 8.37. The fraction of sp³-hybridized carbons (Fsp3) is 0.136. The van der Waals surface area contributed by atoms with Crippen LogP contribution in [0.4, 0.5) is 0 Å². The quantitative estimate of drug-likeness (QED) is 0.160. The van der Waals surface area contributed by atoms with Crippen molar-refractivity contribution in [3.05, 3.63) is 210 Å². The summed E-state index contributed by atoms with van der Waals surface area (Å²) in [5, 5.41) is 21.7. The first-order valence-corrected chi connectivity index (χ1v) is 19.0. The van der Waals surface area contributed by atoms with Crippen LogP contribution in [0.1, 0.15) is 46.2 Å². The zero-order valence-corrected chi connectivity index (χ0v) is 32.3. The minimum absolute atomic E-state index is 0.472. The second kappa shape index (κ2) is 14.0. The van der Waals surface area contributed by atoms with Gasteiger partial charge in [-0.25, -0.2) is 0 Å². The van der Waals surface area contributed by atoms with Crippen LogP contribution in [0.2, 0.25) is 10.0 Å². The summed E-state index contributed by atoms with van der Waals surface area (Å²) in [5.74, 6) is -1.71. The van der Waals surface area contributed by atoms with Crippen LogP contribution in [0.25, 0.3) is 0 Å². The minimum atomic E-state index is -1.10. The molecule has 0 heterocycles. The molecule has 2 atom stereocenters. The van der Waals surface area contributed by atoms with E-state index in [1.54, 1.807) is 12.1 Å². The molecule has 8 rings (SSSR count). The second-order valence-electron chi connectivity index (χ2n) is 13.3. The standard InChI is InChI=1S/2C22H16BrClO2/c2*23-17-11-12-19(24)18(13-17)22(20(25)26)14-21(22,15-7-3-1-4-8-15)16-9-5-2-6-10-16/h2*1-13H,14H2,(H,25,26)/t2*22-/m00/s1. The molecular formula is C44H32Br2Cl2O4. The molecule has 0 aromatic heterocycles. The summed E-state index contributed by atoms with van der Waals surface area (Å²) >= 11 is 19.9. The van der Waals surface area contributed by atoms with Gasteiger partial charge in [0, 0.05) is 29.8 Å². The SMILES string of the molecule is O=C(O)[C@@]1(c2cc(Br)ccc2Cl)CC1(c1ccccc1)c1ccccc1.O=C(O)[C@@]1(c2cc(Br)ccc2Cl)CC1(c1ccccc1)c1ccccc1. The number of benzene rings is 6. The third-order valence-corrected chi connectivity index (χ3v) is 12.5. The van der Waals surface area contributed by atoms with Crippen molar-refractivity contribution >= 4 is 67.0 Å². The summed E-state index contributed by atoms with van der Waals surface area (Å²) in [6.07, 6.45) is 0.944. The Labute approximate surface area is 329 Å². The minimum Gasteiger partial charge on any atom is -0.481 e. The zero-order valence-electron chi connectivity index (χ0n) is 27.6. The lowest BCUT2D eigenvalue weighted by molar-refractivity contribution is -0.141. The predicted octanol–water partition coefficient (Wildman–Crippen LogP) is 11.6. The van der Waals surface area contributed by atoms with Gasteiger partial charge in [0.15, 0.2) is 0 Å². The van der Waals surface area contributed by atoms with E-state index in [1.165, 1.54) is 0 Å². The smallest absolute Gasteiger partial charge is 0.315 e. The van der Waals surface area contributed by atoms with Crippen molar-refractivity contribution in [2.24, 2.45) is 0 Å². The highest BCUT2D eigenvalue weighted by atomic mass is 79.9. The van der Waals surface area contributed by atoms with Crippen molar-refractivity contribution in [2.45, 2.75) is 34.5 Å². The summed E-state index contributed by atoms with van der Waals surface area (Å²) in [6.45, 7) is 0. The normalized spacial score (nSPS) is 20.5. The number of carbonyl (C=O) groups is 2. The summed E-state index contributed by atoms with van der Waals surface area (Å²) in [7, 11) is 0. The van der Waals surface area contributed by atoms with Crippen LogP contribution in [-0.2, 0) is 31.2 Å². The molecule has 0 bridgehead atoms. The van der Waals surface area contributed by atoms with Gasteiger partial charge in [-0.2, -0.15) is 0 Å². The van der Waals surface area contributed by atoms with E-state index in [2.05, 4.69) is 31.9 Å². The van der Waals surface area contributed by atoms with Crippen LogP contribution in [0, 0.1) is 0 Å². The Morgan fingerprint density at radius 1 is 0.462 bits per heavy atom. The van der Waals surface area contributed by atoms with Gasteiger partial charge >= 0.3 is 11.9 Å². The van der Waals surface area contributed by atoms with Gasteiger partial charge in [0.25, 0.3) is 0 Å². The Morgan fingerprint density at radius 2 is 0.731 bits per heavy atom. The van der Waals surface area contributed by atoms with Crippen molar-refractivity contribution in [1.29, 1.82) is 0 Å². The Balaban J connectivity index is 0.000000162. The van der Waals surface area contributed by atoms with Gasteiger partial charge in [-0.1, -0.05) is 176 Å². The van der Waals surface area contributed by atoms with E-state index in [0.29, 0.717) is 34.0 Å². The van der Waals surface area contributed by atoms with Gasteiger partial charge < -0.3 is 10.2 Å². The van der Waals surface area contributed by atoms with Crippen molar-refractivity contribution in [3.63, 3.8) is 0 Å². The molecule has 8 heteroatoms.